The molecule has 0 aromatic carbocycles. The topological polar surface area (TPSA) is 63.9 Å². The minimum absolute atomic E-state index is 0.0988. The molecule has 1 aliphatic heterocycles. The van der Waals surface area contributed by atoms with Crippen LogP contribution in [0.25, 0.3) is 0 Å². The highest BCUT2D eigenvalue weighted by molar-refractivity contribution is 4.87. The van der Waals surface area contributed by atoms with E-state index in [9.17, 15) is 15.3 Å². The number of aliphatic hydroxyl groups excluding tert-OH is 3. The van der Waals surface area contributed by atoms with Crippen molar-refractivity contribution >= 4 is 0 Å². The van der Waals surface area contributed by atoms with E-state index >= 15 is 0 Å². The summed E-state index contributed by atoms with van der Waals surface area (Å²) in [6.45, 7) is 3.19. The van der Waals surface area contributed by atoms with Gasteiger partial charge in [0.2, 0.25) is 0 Å². The van der Waals surface area contributed by atoms with Crippen LogP contribution in [0.3, 0.4) is 0 Å². The lowest BCUT2D eigenvalue weighted by molar-refractivity contribution is 0.0572. The van der Waals surface area contributed by atoms with E-state index in [1.807, 2.05) is 4.90 Å². The molecule has 3 atom stereocenters. The number of hydrogen-bond acceptors (Lipinski definition) is 4. The third-order valence-electron chi connectivity index (χ3n) is 2.91. The van der Waals surface area contributed by atoms with E-state index in [2.05, 4.69) is 6.92 Å². The van der Waals surface area contributed by atoms with E-state index in [1.54, 1.807) is 0 Å². The van der Waals surface area contributed by atoms with Crippen molar-refractivity contribution in [3.8, 4) is 0 Å². The molecule has 0 bridgehead atoms. The highest BCUT2D eigenvalue weighted by atomic mass is 16.3. The number of aliphatic hydroxyl groups is 3. The molecule has 1 aliphatic rings. The summed E-state index contributed by atoms with van der Waals surface area (Å²) in [5, 5.41) is 27.9. The van der Waals surface area contributed by atoms with Gasteiger partial charge in [0.05, 0.1) is 18.8 Å². The van der Waals surface area contributed by atoms with Crippen LogP contribution in [0.1, 0.15) is 26.2 Å². The van der Waals surface area contributed by atoms with Gasteiger partial charge in [0, 0.05) is 19.1 Å². The van der Waals surface area contributed by atoms with Gasteiger partial charge in [-0.15, -0.1) is 0 Å². The van der Waals surface area contributed by atoms with Gasteiger partial charge in [-0.05, 0) is 6.42 Å². The molecule has 0 spiro atoms. The van der Waals surface area contributed by atoms with Crippen LogP contribution < -0.4 is 0 Å². The molecule has 0 aliphatic carbocycles. The Kier molecular flexibility index (Phi) is 4.81. The normalized spacial score (nSPS) is 30.9. The fourth-order valence-electron chi connectivity index (χ4n) is 1.93. The second-order valence-corrected chi connectivity index (χ2v) is 4.07. The van der Waals surface area contributed by atoms with Crippen molar-refractivity contribution in [2.75, 3.05) is 19.7 Å². The molecule has 1 rings (SSSR count). The SMILES string of the molecule is CCCCC(CO)N1CC(O)[C@H](O)C1. The predicted octanol–water partition coefficient (Wildman–Crippen LogP) is -0.425. The lowest BCUT2D eigenvalue weighted by Crippen LogP contribution is -2.37. The predicted molar refractivity (Wildman–Crippen MR) is 54.0 cm³/mol. The van der Waals surface area contributed by atoms with Crippen LogP contribution in [-0.4, -0.2) is 58.2 Å². The number of likely N-dealkylation sites (tertiary alicyclic amines) is 1. The van der Waals surface area contributed by atoms with Gasteiger partial charge in [0.25, 0.3) is 0 Å². The van der Waals surface area contributed by atoms with Gasteiger partial charge in [-0.25, -0.2) is 0 Å². The number of β-amino-alcohol motifs (C(OH)–C–C–N with tert-alkyl or cyclic N) is 2. The second-order valence-electron chi connectivity index (χ2n) is 4.07. The summed E-state index contributed by atoms with van der Waals surface area (Å²) in [5.74, 6) is 0. The maximum atomic E-state index is 9.36. The first-order valence-electron chi connectivity index (χ1n) is 5.40. The van der Waals surface area contributed by atoms with E-state index < -0.39 is 12.2 Å². The van der Waals surface area contributed by atoms with Gasteiger partial charge in [-0.2, -0.15) is 0 Å². The Balaban J connectivity index is 2.37. The van der Waals surface area contributed by atoms with E-state index in [-0.39, 0.29) is 12.6 Å². The summed E-state index contributed by atoms with van der Waals surface area (Å²) in [6.07, 6.45) is 1.83. The third kappa shape index (κ3) is 2.92. The van der Waals surface area contributed by atoms with E-state index in [1.165, 1.54) is 0 Å². The van der Waals surface area contributed by atoms with E-state index in [0.717, 1.165) is 19.3 Å². The molecule has 1 fully saturated rings. The standard InChI is InChI=1S/C10H21NO3/c1-2-3-4-8(7-12)11-5-9(13)10(14)6-11/h8-10,12-14H,2-7H2,1H3/t8?,9-,10?/m1/s1. The van der Waals surface area contributed by atoms with Gasteiger partial charge in [0.15, 0.2) is 0 Å². The van der Waals surface area contributed by atoms with Crippen molar-refractivity contribution in [3.63, 3.8) is 0 Å². The zero-order valence-electron chi connectivity index (χ0n) is 8.76. The molecule has 84 valence electrons. The smallest absolute Gasteiger partial charge is 0.0938 e. The lowest BCUT2D eigenvalue weighted by atomic mass is 10.1. The summed E-state index contributed by atoms with van der Waals surface area (Å²) in [6, 6.07) is 0.0988. The van der Waals surface area contributed by atoms with Crippen molar-refractivity contribution in [2.24, 2.45) is 0 Å². The summed E-state index contributed by atoms with van der Waals surface area (Å²) >= 11 is 0. The molecule has 14 heavy (non-hydrogen) atoms. The molecule has 4 heteroatoms. The second kappa shape index (κ2) is 5.66. The van der Waals surface area contributed by atoms with Crippen molar-refractivity contribution in [2.45, 2.75) is 44.4 Å². The van der Waals surface area contributed by atoms with Gasteiger partial charge >= 0.3 is 0 Å². The van der Waals surface area contributed by atoms with Gasteiger partial charge in [-0.3, -0.25) is 4.90 Å². The number of nitrogens with zero attached hydrogens (tertiary/aromatic N) is 1. The molecule has 0 aromatic heterocycles. The first kappa shape index (κ1) is 11.9. The zero-order chi connectivity index (χ0) is 10.6. The molecule has 0 aromatic rings. The van der Waals surface area contributed by atoms with Crippen LogP contribution >= 0.6 is 0 Å². The van der Waals surface area contributed by atoms with Gasteiger partial charge in [-0.1, -0.05) is 19.8 Å². The average molecular weight is 203 g/mol. The van der Waals surface area contributed by atoms with Crippen molar-refractivity contribution in [1.29, 1.82) is 0 Å². The fourth-order valence-corrected chi connectivity index (χ4v) is 1.93. The molecule has 4 nitrogen and oxygen atoms in total. The maximum Gasteiger partial charge on any atom is 0.0938 e. The summed E-state index contributed by atoms with van der Waals surface area (Å²) in [5.41, 5.74) is 0. The van der Waals surface area contributed by atoms with Crippen molar-refractivity contribution < 1.29 is 15.3 Å². The van der Waals surface area contributed by atoms with Crippen LogP contribution in [0.5, 0.6) is 0 Å². The largest absolute Gasteiger partial charge is 0.395 e. The van der Waals surface area contributed by atoms with Gasteiger partial charge in [0.1, 0.15) is 0 Å². The minimum atomic E-state index is -0.648. The number of rotatable bonds is 5. The van der Waals surface area contributed by atoms with E-state index in [0.29, 0.717) is 13.1 Å². The molecule has 1 saturated heterocycles. The van der Waals surface area contributed by atoms with Crippen LogP contribution in [0, 0.1) is 0 Å². The number of unbranched alkanes of at least 4 members (excludes halogenated alkanes) is 1. The summed E-state index contributed by atoms with van der Waals surface area (Å²) < 4.78 is 0. The van der Waals surface area contributed by atoms with Gasteiger partial charge < -0.3 is 15.3 Å². The molecule has 3 N–H and O–H groups in total. The van der Waals surface area contributed by atoms with Crippen molar-refractivity contribution in [1.82, 2.24) is 4.90 Å². The Morgan fingerprint density at radius 2 is 1.86 bits per heavy atom. The monoisotopic (exact) mass is 203 g/mol. The molecule has 2 unspecified atom stereocenters. The molecule has 0 saturated carbocycles. The highest BCUT2D eigenvalue weighted by Crippen LogP contribution is 2.16. The first-order chi connectivity index (χ1) is 6.69. The Morgan fingerprint density at radius 1 is 1.29 bits per heavy atom. The van der Waals surface area contributed by atoms with Crippen LogP contribution in [0.15, 0.2) is 0 Å². The summed E-state index contributed by atoms with van der Waals surface area (Å²) in [4.78, 5) is 1.98. The van der Waals surface area contributed by atoms with Crippen LogP contribution in [-0.2, 0) is 0 Å². The fraction of sp³-hybridized carbons (Fsp3) is 1.00. The van der Waals surface area contributed by atoms with Crippen molar-refractivity contribution in [3.05, 3.63) is 0 Å². The van der Waals surface area contributed by atoms with Crippen LogP contribution in [0.4, 0.5) is 0 Å². The molecular weight excluding hydrogens is 182 g/mol. The third-order valence-corrected chi connectivity index (χ3v) is 2.91. The Bertz CT molecular complexity index is 155. The maximum absolute atomic E-state index is 9.36. The molecule has 0 amide bonds. The number of hydrogen-bond donors (Lipinski definition) is 3. The molecule has 0 radical (unpaired) electrons. The Hall–Kier alpha value is -0.160. The minimum Gasteiger partial charge on any atom is -0.395 e. The zero-order valence-corrected chi connectivity index (χ0v) is 8.76. The quantitative estimate of drug-likeness (QED) is 0.567. The Labute approximate surface area is 85.2 Å². The first-order valence-corrected chi connectivity index (χ1v) is 5.40. The lowest BCUT2D eigenvalue weighted by Gasteiger charge is -2.25. The van der Waals surface area contributed by atoms with E-state index in [4.69, 9.17) is 0 Å². The average Bonchev–Trinajstić information content (AvgIpc) is 2.48. The summed E-state index contributed by atoms with van der Waals surface area (Å²) in [7, 11) is 0. The highest BCUT2D eigenvalue weighted by Gasteiger charge is 2.33. The van der Waals surface area contributed by atoms with Crippen LogP contribution in [0.2, 0.25) is 0 Å². The molecular formula is C10H21NO3. The Morgan fingerprint density at radius 3 is 2.29 bits per heavy atom. The molecule has 1 heterocycles.